The van der Waals surface area contributed by atoms with Gasteiger partial charge in [-0.3, -0.25) is 0 Å². The smallest absolute Gasteiger partial charge is 0.198 e. The Morgan fingerprint density at radius 3 is 2.31 bits per heavy atom. The van der Waals surface area contributed by atoms with Gasteiger partial charge in [-0.25, -0.2) is 0 Å². The van der Waals surface area contributed by atoms with Crippen LogP contribution in [-0.4, -0.2) is 31.0 Å². The number of ether oxygens (including phenoxy) is 3. The van der Waals surface area contributed by atoms with Gasteiger partial charge in [0.25, 0.3) is 0 Å². The molecule has 0 fully saturated rings. The molecule has 0 saturated carbocycles. The van der Waals surface area contributed by atoms with Crippen LogP contribution in [0.15, 0.2) is 30.3 Å². The van der Waals surface area contributed by atoms with Crippen LogP contribution >= 0.6 is 31.9 Å². The zero-order valence-electron chi connectivity index (χ0n) is 15.6. The Hall–Kier alpha value is -0.360. The third-order valence-corrected chi connectivity index (χ3v) is 5.76. The zero-order valence-corrected chi connectivity index (χ0v) is 18.8. The van der Waals surface area contributed by atoms with Crippen LogP contribution in [0.5, 0.6) is 0 Å². The van der Waals surface area contributed by atoms with Gasteiger partial charge in [0, 0.05) is 35.3 Å². The van der Waals surface area contributed by atoms with E-state index in [9.17, 15) is 0 Å². The van der Waals surface area contributed by atoms with E-state index in [0.717, 1.165) is 53.4 Å². The number of hydrogen-bond donors (Lipinski definition) is 0. The fraction of sp³-hybridized carbons (Fsp3) is 0.619. The third kappa shape index (κ3) is 6.08. The highest BCUT2D eigenvalue weighted by Gasteiger charge is 2.38. The van der Waals surface area contributed by atoms with E-state index in [2.05, 4.69) is 50.1 Å². The molecular formula is C21H30Br2O3. The largest absolute Gasteiger partial charge is 0.493 e. The lowest BCUT2D eigenvalue weighted by Gasteiger charge is -2.36. The van der Waals surface area contributed by atoms with Crippen molar-refractivity contribution in [2.45, 2.75) is 50.7 Å². The van der Waals surface area contributed by atoms with E-state index in [1.54, 1.807) is 7.11 Å². The standard InChI is InChI=1S/C21H30Br2O3/c1-24-21(26-17-9-3-7-15-23)13-12-20(25-16-8-2-6-14-22)18-10-4-5-11-19(18)21/h4-5,10-12H,2-3,6-9,13-17H2,1H3. The van der Waals surface area contributed by atoms with Crippen LogP contribution in [0.1, 0.15) is 56.1 Å². The van der Waals surface area contributed by atoms with E-state index in [-0.39, 0.29) is 0 Å². The van der Waals surface area contributed by atoms with Crippen molar-refractivity contribution in [1.29, 1.82) is 0 Å². The summed E-state index contributed by atoms with van der Waals surface area (Å²) in [6.45, 7) is 1.45. The Morgan fingerprint density at radius 2 is 1.62 bits per heavy atom. The molecule has 1 aliphatic rings. The van der Waals surface area contributed by atoms with Crippen LogP contribution < -0.4 is 0 Å². The van der Waals surface area contributed by atoms with Crippen molar-refractivity contribution in [1.82, 2.24) is 0 Å². The maximum atomic E-state index is 6.26. The number of rotatable bonds is 13. The molecule has 0 spiro atoms. The Bertz CT molecular complexity index is 562. The second-order valence-corrected chi connectivity index (χ2v) is 8.06. The molecule has 146 valence electrons. The van der Waals surface area contributed by atoms with Gasteiger partial charge in [0.05, 0.1) is 13.2 Å². The summed E-state index contributed by atoms with van der Waals surface area (Å²) in [7, 11) is 1.73. The summed E-state index contributed by atoms with van der Waals surface area (Å²) in [6.07, 6.45) is 9.61. The molecular weight excluding hydrogens is 460 g/mol. The average molecular weight is 490 g/mol. The summed E-state index contributed by atoms with van der Waals surface area (Å²) in [4.78, 5) is 0. The highest BCUT2D eigenvalue weighted by molar-refractivity contribution is 9.09. The van der Waals surface area contributed by atoms with Crippen LogP contribution in [-0.2, 0) is 20.0 Å². The normalized spacial score (nSPS) is 19.1. The summed E-state index contributed by atoms with van der Waals surface area (Å²) in [6, 6.07) is 8.28. The maximum Gasteiger partial charge on any atom is 0.198 e. The number of methoxy groups -OCH3 is 1. The van der Waals surface area contributed by atoms with Crippen LogP contribution in [0.4, 0.5) is 0 Å². The van der Waals surface area contributed by atoms with Gasteiger partial charge in [0.15, 0.2) is 5.79 Å². The average Bonchev–Trinajstić information content (AvgIpc) is 2.68. The molecule has 0 saturated heterocycles. The van der Waals surface area contributed by atoms with Gasteiger partial charge in [-0.1, -0.05) is 62.5 Å². The second-order valence-electron chi connectivity index (χ2n) is 6.47. The molecule has 0 heterocycles. The molecule has 1 atom stereocenters. The first-order valence-electron chi connectivity index (χ1n) is 9.51. The molecule has 1 aliphatic carbocycles. The minimum absolute atomic E-state index is 0.676. The van der Waals surface area contributed by atoms with Crippen molar-refractivity contribution in [3.63, 3.8) is 0 Å². The van der Waals surface area contributed by atoms with Crippen LogP contribution in [0.25, 0.3) is 5.76 Å². The van der Waals surface area contributed by atoms with Crippen molar-refractivity contribution in [2.24, 2.45) is 0 Å². The number of hydrogen-bond acceptors (Lipinski definition) is 3. The molecule has 3 nitrogen and oxygen atoms in total. The fourth-order valence-electron chi connectivity index (χ4n) is 3.17. The first kappa shape index (κ1) is 21.9. The van der Waals surface area contributed by atoms with Crippen molar-refractivity contribution in [2.75, 3.05) is 31.0 Å². The Kier molecular flexibility index (Phi) is 10.3. The van der Waals surface area contributed by atoms with Crippen molar-refractivity contribution in [3.8, 4) is 0 Å². The quantitative estimate of drug-likeness (QED) is 0.182. The van der Waals surface area contributed by atoms with Gasteiger partial charge in [0.2, 0.25) is 0 Å². The summed E-state index contributed by atoms with van der Waals surface area (Å²) in [5.74, 6) is 0.253. The Labute approximate surface area is 174 Å². The number of halogens is 2. The molecule has 0 bridgehead atoms. The molecule has 0 radical (unpaired) electrons. The molecule has 1 aromatic rings. The lowest BCUT2D eigenvalue weighted by Crippen LogP contribution is -2.35. The van der Waals surface area contributed by atoms with Crippen LogP contribution in [0.3, 0.4) is 0 Å². The van der Waals surface area contributed by atoms with Gasteiger partial charge >= 0.3 is 0 Å². The molecule has 5 heteroatoms. The molecule has 0 amide bonds. The maximum absolute atomic E-state index is 6.26. The van der Waals surface area contributed by atoms with Gasteiger partial charge in [0.1, 0.15) is 5.76 Å². The van der Waals surface area contributed by atoms with E-state index in [0.29, 0.717) is 13.0 Å². The lowest BCUT2D eigenvalue weighted by atomic mass is 9.90. The van der Waals surface area contributed by atoms with Crippen molar-refractivity contribution < 1.29 is 14.2 Å². The molecule has 0 aromatic heterocycles. The topological polar surface area (TPSA) is 27.7 Å². The van der Waals surface area contributed by atoms with Crippen LogP contribution in [0.2, 0.25) is 0 Å². The Morgan fingerprint density at radius 1 is 0.923 bits per heavy atom. The molecule has 1 aromatic carbocycles. The van der Waals surface area contributed by atoms with Gasteiger partial charge in [-0.15, -0.1) is 0 Å². The predicted octanol–water partition coefficient (Wildman–Crippen LogP) is 6.39. The minimum atomic E-state index is -0.701. The summed E-state index contributed by atoms with van der Waals surface area (Å²) < 4.78 is 18.2. The first-order chi connectivity index (χ1) is 12.8. The van der Waals surface area contributed by atoms with Gasteiger partial charge < -0.3 is 14.2 Å². The molecule has 0 aliphatic heterocycles. The highest BCUT2D eigenvalue weighted by Crippen LogP contribution is 2.41. The molecule has 2 rings (SSSR count). The monoisotopic (exact) mass is 488 g/mol. The number of alkyl halides is 2. The molecule has 26 heavy (non-hydrogen) atoms. The minimum Gasteiger partial charge on any atom is -0.493 e. The summed E-state index contributed by atoms with van der Waals surface area (Å²) in [5.41, 5.74) is 2.16. The number of unbranched alkanes of at least 4 members (excludes halogenated alkanes) is 4. The fourth-order valence-corrected chi connectivity index (χ4v) is 3.96. The van der Waals surface area contributed by atoms with Crippen molar-refractivity contribution >= 4 is 37.6 Å². The Balaban J connectivity index is 2.02. The number of benzene rings is 1. The van der Waals surface area contributed by atoms with E-state index >= 15 is 0 Å². The molecule has 0 N–H and O–H groups in total. The van der Waals surface area contributed by atoms with Crippen LogP contribution in [0, 0.1) is 0 Å². The van der Waals surface area contributed by atoms with E-state index in [4.69, 9.17) is 14.2 Å². The summed E-state index contributed by atoms with van der Waals surface area (Å²) >= 11 is 6.95. The van der Waals surface area contributed by atoms with Gasteiger partial charge in [-0.2, -0.15) is 0 Å². The lowest BCUT2D eigenvalue weighted by molar-refractivity contribution is -0.231. The highest BCUT2D eigenvalue weighted by atomic mass is 79.9. The van der Waals surface area contributed by atoms with Gasteiger partial charge in [-0.05, 0) is 38.2 Å². The van der Waals surface area contributed by atoms with Crippen molar-refractivity contribution in [3.05, 3.63) is 41.5 Å². The van der Waals surface area contributed by atoms with E-state index in [1.165, 1.54) is 19.3 Å². The van der Waals surface area contributed by atoms with E-state index < -0.39 is 5.79 Å². The summed E-state index contributed by atoms with van der Waals surface area (Å²) in [5, 5.41) is 2.10. The number of fused-ring (bicyclic) bond motifs is 1. The zero-order chi connectivity index (χ0) is 18.7. The van der Waals surface area contributed by atoms with E-state index in [1.807, 2.05) is 12.1 Å². The predicted molar refractivity (Wildman–Crippen MR) is 115 cm³/mol. The molecule has 1 unspecified atom stereocenters. The first-order valence-corrected chi connectivity index (χ1v) is 11.8. The SMILES string of the molecule is COC1(OCCCCCBr)CC=C(OCCCCCBr)c2ccccc21. The third-order valence-electron chi connectivity index (χ3n) is 4.64. The second kappa shape index (κ2) is 12.2.